The minimum absolute atomic E-state index is 0.134. The van der Waals surface area contributed by atoms with Gasteiger partial charge in [-0.15, -0.1) is 0 Å². The van der Waals surface area contributed by atoms with Crippen LogP contribution in [0.4, 0.5) is 4.79 Å². The Balaban J connectivity index is 2.03. The summed E-state index contributed by atoms with van der Waals surface area (Å²) in [7, 11) is 0. The molecule has 2 unspecified atom stereocenters. The van der Waals surface area contributed by atoms with E-state index in [4.69, 9.17) is 4.74 Å². The maximum Gasteiger partial charge on any atom is 0.407 e. The van der Waals surface area contributed by atoms with Crippen LogP contribution in [0, 0.1) is 5.41 Å². The summed E-state index contributed by atoms with van der Waals surface area (Å²) in [5.41, 5.74) is 0.415. The van der Waals surface area contributed by atoms with Crippen molar-refractivity contribution in [1.29, 1.82) is 0 Å². The van der Waals surface area contributed by atoms with Gasteiger partial charge in [0.1, 0.15) is 6.10 Å². The fourth-order valence-corrected chi connectivity index (χ4v) is 2.22. The van der Waals surface area contributed by atoms with Crippen molar-refractivity contribution in [2.24, 2.45) is 5.41 Å². The van der Waals surface area contributed by atoms with E-state index < -0.39 is 0 Å². The molecule has 1 amide bonds. The molecule has 1 aliphatic carbocycles. The van der Waals surface area contributed by atoms with Crippen molar-refractivity contribution in [3.8, 4) is 0 Å². The van der Waals surface area contributed by atoms with Gasteiger partial charge in [-0.2, -0.15) is 0 Å². The Bertz CT molecular complexity index is 205. The van der Waals surface area contributed by atoms with E-state index in [2.05, 4.69) is 19.2 Å². The molecule has 1 N–H and O–H groups in total. The Labute approximate surface area is 78.8 Å². The molecule has 0 bridgehead atoms. The van der Waals surface area contributed by atoms with Crippen LogP contribution >= 0.6 is 0 Å². The zero-order valence-corrected chi connectivity index (χ0v) is 8.30. The SMILES string of the molecule is CC1(C)CCC2NC(=O)OC2CC1. The van der Waals surface area contributed by atoms with Crippen LogP contribution in [0.15, 0.2) is 0 Å². The van der Waals surface area contributed by atoms with E-state index in [0.717, 1.165) is 19.3 Å². The van der Waals surface area contributed by atoms with Gasteiger partial charge in [0.2, 0.25) is 0 Å². The molecule has 74 valence electrons. The maximum absolute atomic E-state index is 10.9. The topological polar surface area (TPSA) is 38.3 Å². The number of alkyl carbamates (subject to hydrolysis) is 1. The van der Waals surface area contributed by atoms with Gasteiger partial charge in [-0.05, 0) is 31.1 Å². The number of rotatable bonds is 0. The van der Waals surface area contributed by atoms with E-state index in [0.29, 0.717) is 5.41 Å². The maximum atomic E-state index is 10.9. The monoisotopic (exact) mass is 183 g/mol. The fraction of sp³-hybridized carbons (Fsp3) is 0.900. The van der Waals surface area contributed by atoms with E-state index in [1.807, 2.05) is 0 Å². The highest BCUT2D eigenvalue weighted by Crippen LogP contribution is 2.36. The summed E-state index contributed by atoms with van der Waals surface area (Å²) in [4.78, 5) is 10.9. The molecule has 3 nitrogen and oxygen atoms in total. The third kappa shape index (κ3) is 1.79. The van der Waals surface area contributed by atoms with Crippen LogP contribution in [-0.2, 0) is 4.74 Å². The van der Waals surface area contributed by atoms with Crippen molar-refractivity contribution in [2.45, 2.75) is 51.7 Å². The van der Waals surface area contributed by atoms with E-state index in [-0.39, 0.29) is 18.2 Å². The van der Waals surface area contributed by atoms with Crippen molar-refractivity contribution < 1.29 is 9.53 Å². The molecular weight excluding hydrogens is 166 g/mol. The first-order valence-electron chi connectivity index (χ1n) is 5.04. The van der Waals surface area contributed by atoms with Crippen LogP contribution in [0.1, 0.15) is 39.5 Å². The largest absolute Gasteiger partial charge is 0.444 e. The third-order valence-corrected chi connectivity index (χ3v) is 3.25. The number of fused-ring (bicyclic) bond motifs is 1. The number of ether oxygens (including phenoxy) is 1. The number of nitrogens with one attached hydrogen (secondary N) is 1. The van der Waals surface area contributed by atoms with E-state index in [1.54, 1.807) is 0 Å². The molecule has 1 saturated carbocycles. The smallest absolute Gasteiger partial charge is 0.407 e. The van der Waals surface area contributed by atoms with Gasteiger partial charge >= 0.3 is 6.09 Å². The lowest BCUT2D eigenvalue weighted by molar-refractivity contribution is 0.123. The Kier molecular flexibility index (Phi) is 1.97. The van der Waals surface area contributed by atoms with Crippen molar-refractivity contribution in [3.05, 3.63) is 0 Å². The number of carbonyl (C=O) groups excluding carboxylic acids is 1. The summed E-state index contributed by atoms with van der Waals surface area (Å²) in [6, 6.07) is 0.272. The number of carbonyl (C=O) groups is 1. The summed E-state index contributed by atoms with van der Waals surface area (Å²) in [5, 5.41) is 2.87. The van der Waals surface area contributed by atoms with Crippen molar-refractivity contribution in [1.82, 2.24) is 5.32 Å². The molecule has 1 aliphatic heterocycles. The molecule has 0 aromatic heterocycles. The summed E-state index contributed by atoms with van der Waals surface area (Å²) in [5.74, 6) is 0. The zero-order valence-electron chi connectivity index (χ0n) is 8.30. The van der Waals surface area contributed by atoms with E-state index in [9.17, 15) is 4.79 Å². The molecule has 0 aromatic carbocycles. The summed E-state index contributed by atoms with van der Waals surface area (Å²) in [6.07, 6.45) is 4.31. The molecule has 13 heavy (non-hydrogen) atoms. The third-order valence-electron chi connectivity index (χ3n) is 3.25. The van der Waals surface area contributed by atoms with Gasteiger partial charge in [0, 0.05) is 0 Å². The van der Waals surface area contributed by atoms with Crippen molar-refractivity contribution >= 4 is 6.09 Å². The van der Waals surface area contributed by atoms with Crippen LogP contribution in [0.5, 0.6) is 0 Å². The second-order valence-corrected chi connectivity index (χ2v) is 4.94. The molecule has 2 rings (SSSR count). The number of hydrogen-bond donors (Lipinski definition) is 1. The average Bonchev–Trinajstić information content (AvgIpc) is 2.34. The minimum Gasteiger partial charge on any atom is -0.444 e. The lowest BCUT2D eigenvalue weighted by atomic mass is 9.85. The highest BCUT2D eigenvalue weighted by Gasteiger charge is 2.38. The van der Waals surface area contributed by atoms with Crippen LogP contribution in [0.3, 0.4) is 0 Å². The van der Waals surface area contributed by atoms with Crippen LogP contribution in [0.2, 0.25) is 0 Å². The molecule has 2 atom stereocenters. The van der Waals surface area contributed by atoms with Crippen LogP contribution < -0.4 is 5.32 Å². The molecule has 0 spiro atoms. The highest BCUT2D eigenvalue weighted by atomic mass is 16.6. The lowest BCUT2D eigenvalue weighted by Gasteiger charge is -2.21. The van der Waals surface area contributed by atoms with Gasteiger partial charge in [0.25, 0.3) is 0 Å². The second-order valence-electron chi connectivity index (χ2n) is 4.94. The number of hydrogen-bond acceptors (Lipinski definition) is 2. The molecule has 2 aliphatic rings. The Morgan fingerprint density at radius 2 is 2.08 bits per heavy atom. The van der Waals surface area contributed by atoms with E-state index in [1.165, 1.54) is 6.42 Å². The predicted octanol–water partition coefficient (Wildman–Crippen LogP) is 2.06. The fourth-order valence-electron chi connectivity index (χ4n) is 2.22. The van der Waals surface area contributed by atoms with Crippen LogP contribution in [-0.4, -0.2) is 18.2 Å². The van der Waals surface area contributed by atoms with Gasteiger partial charge in [0.15, 0.2) is 0 Å². The molecule has 3 heteroatoms. The molecule has 0 aromatic rings. The predicted molar refractivity (Wildman–Crippen MR) is 49.4 cm³/mol. The standard InChI is InChI=1S/C10H17NO2/c1-10(2)5-3-7-8(4-6-10)13-9(12)11-7/h7-8H,3-6H2,1-2H3,(H,11,12). The van der Waals surface area contributed by atoms with Gasteiger partial charge in [-0.1, -0.05) is 13.8 Å². The van der Waals surface area contributed by atoms with Gasteiger partial charge in [0.05, 0.1) is 6.04 Å². The Morgan fingerprint density at radius 1 is 1.38 bits per heavy atom. The molecular formula is C10H17NO2. The molecule has 2 fully saturated rings. The Morgan fingerprint density at radius 3 is 2.85 bits per heavy atom. The summed E-state index contributed by atoms with van der Waals surface area (Å²) in [6.45, 7) is 4.58. The van der Waals surface area contributed by atoms with E-state index >= 15 is 0 Å². The first kappa shape index (κ1) is 8.85. The summed E-state index contributed by atoms with van der Waals surface area (Å²) < 4.78 is 5.19. The quantitative estimate of drug-likeness (QED) is 0.624. The van der Waals surface area contributed by atoms with Gasteiger partial charge < -0.3 is 10.1 Å². The second kappa shape index (κ2) is 2.89. The normalized spacial score (nSPS) is 37.2. The molecule has 1 saturated heterocycles. The van der Waals surface area contributed by atoms with Crippen molar-refractivity contribution in [3.63, 3.8) is 0 Å². The summed E-state index contributed by atoms with van der Waals surface area (Å²) >= 11 is 0. The van der Waals surface area contributed by atoms with Gasteiger partial charge in [-0.3, -0.25) is 0 Å². The number of amides is 1. The zero-order chi connectivity index (χ0) is 9.47. The highest BCUT2D eigenvalue weighted by molar-refractivity contribution is 5.70. The molecule has 1 heterocycles. The van der Waals surface area contributed by atoms with Gasteiger partial charge in [-0.25, -0.2) is 4.79 Å². The minimum atomic E-state index is -0.227. The lowest BCUT2D eigenvalue weighted by Crippen LogP contribution is -2.30. The van der Waals surface area contributed by atoms with Crippen molar-refractivity contribution in [2.75, 3.05) is 0 Å². The average molecular weight is 183 g/mol. The first-order chi connectivity index (χ1) is 6.07. The van der Waals surface area contributed by atoms with Crippen LogP contribution in [0.25, 0.3) is 0 Å². The first-order valence-corrected chi connectivity index (χ1v) is 5.04. The Hall–Kier alpha value is -0.730. The molecule has 0 radical (unpaired) electrons.